The molecule has 16 heavy (non-hydrogen) atoms. The van der Waals surface area contributed by atoms with Crippen molar-refractivity contribution in [1.29, 1.82) is 0 Å². The zero-order valence-corrected chi connectivity index (χ0v) is 10.3. The van der Waals surface area contributed by atoms with Gasteiger partial charge in [0.1, 0.15) is 0 Å². The lowest BCUT2D eigenvalue weighted by molar-refractivity contribution is 0.260. The Kier molecular flexibility index (Phi) is 3.96. The molecule has 2 rings (SSSR count). The molecule has 4 nitrogen and oxygen atoms in total. The summed E-state index contributed by atoms with van der Waals surface area (Å²) in [6, 6.07) is 0.734. The van der Waals surface area contributed by atoms with Crippen LogP contribution in [0.15, 0.2) is 6.20 Å². The summed E-state index contributed by atoms with van der Waals surface area (Å²) < 4.78 is 0. The molecule has 90 valence electrons. The lowest BCUT2D eigenvalue weighted by atomic mass is 10.2. The Morgan fingerprint density at radius 1 is 1.62 bits per heavy atom. The third kappa shape index (κ3) is 2.62. The third-order valence-electron chi connectivity index (χ3n) is 3.53. The van der Waals surface area contributed by atoms with Crippen LogP contribution < -0.4 is 5.32 Å². The molecule has 0 bridgehead atoms. The zero-order chi connectivity index (χ0) is 11.4. The van der Waals surface area contributed by atoms with E-state index in [2.05, 4.69) is 34.3 Å². The van der Waals surface area contributed by atoms with E-state index in [1.165, 1.54) is 37.2 Å². The molecule has 1 saturated heterocycles. The second-order valence-corrected chi connectivity index (χ2v) is 4.58. The number of hydrogen-bond donors (Lipinski definition) is 2. The maximum atomic E-state index is 4.03. The lowest BCUT2D eigenvalue weighted by Gasteiger charge is -2.22. The number of nitrogens with one attached hydrogen (secondary N) is 2. The maximum absolute atomic E-state index is 4.03. The molecular formula is C12H22N4. The quantitative estimate of drug-likeness (QED) is 0.789. The maximum Gasteiger partial charge on any atom is 0.0535 e. The first-order valence-electron chi connectivity index (χ1n) is 6.25. The van der Waals surface area contributed by atoms with E-state index < -0.39 is 0 Å². The Hall–Kier alpha value is -0.870. The third-order valence-corrected chi connectivity index (χ3v) is 3.53. The topological polar surface area (TPSA) is 44.0 Å². The number of rotatable bonds is 5. The van der Waals surface area contributed by atoms with Gasteiger partial charge in [0.15, 0.2) is 0 Å². The first kappa shape index (κ1) is 11.6. The van der Waals surface area contributed by atoms with Gasteiger partial charge in [0.25, 0.3) is 0 Å². The average molecular weight is 222 g/mol. The summed E-state index contributed by atoms with van der Waals surface area (Å²) in [6.07, 6.45) is 4.60. The number of H-pyrrole nitrogens is 1. The molecule has 1 atom stereocenters. The van der Waals surface area contributed by atoms with Crippen molar-refractivity contribution in [3.05, 3.63) is 17.5 Å². The summed E-state index contributed by atoms with van der Waals surface area (Å²) in [5.74, 6) is 0. The van der Waals surface area contributed by atoms with Crippen LogP contribution in [-0.2, 0) is 6.54 Å². The standard InChI is InChI=1S/C12H22N4/c1-3-16-6-4-5-12(16)9-13-7-11-8-14-15-10(11)2/h8,12-13H,3-7,9H2,1-2H3,(H,14,15)/t12-/m0/s1. The van der Waals surface area contributed by atoms with Gasteiger partial charge in [-0.25, -0.2) is 0 Å². The Balaban J connectivity index is 1.74. The van der Waals surface area contributed by atoms with Crippen LogP contribution in [0.1, 0.15) is 31.0 Å². The van der Waals surface area contributed by atoms with E-state index in [1.54, 1.807) is 0 Å². The van der Waals surface area contributed by atoms with Crippen molar-refractivity contribution < 1.29 is 0 Å². The predicted molar refractivity (Wildman–Crippen MR) is 65.3 cm³/mol. The van der Waals surface area contributed by atoms with E-state index in [-0.39, 0.29) is 0 Å². The summed E-state index contributed by atoms with van der Waals surface area (Å²) >= 11 is 0. The van der Waals surface area contributed by atoms with Crippen LogP contribution in [-0.4, -0.2) is 40.8 Å². The first-order valence-corrected chi connectivity index (χ1v) is 6.25. The molecule has 0 aliphatic carbocycles. The lowest BCUT2D eigenvalue weighted by Crippen LogP contribution is -2.37. The number of aryl methyl sites for hydroxylation is 1. The second-order valence-electron chi connectivity index (χ2n) is 4.58. The predicted octanol–water partition coefficient (Wildman–Crippen LogP) is 1.29. The molecule has 0 amide bonds. The molecule has 1 aromatic heterocycles. The fourth-order valence-electron chi connectivity index (χ4n) is 2.47. The summed E-state index contributed by atoms with van der Waals surface area (Å²) in [7, 11) is 0. The first-order chi connectivity index (χ1) is 7.81. The van der Waals surface area contributed by atoms with Crippen molar-refractivity contribution in [2.45, 2.75) is 39.3 Å². The molecule has 1 aliphatic rings. The van der Waals surface area contributed by atoms with E-state index >= 15 is 0 Å². The van der Waals surface area contributed by atoms with Crippen molar-refractivity contribution in [3.63, 3.8) is 0 Å². The molecule has 0 radical (unpaired) electrons. The number of nitrogens with zero attached hydrogens (tertiary/aromatic N) is 2. The highest BCUT2D eigenvalue weighted by molar-refractivity contribution is 5.13. The number of aromatic nitrogens is 2. The second kappa shape index (κ2) is 5.46. The van der Waals surface area contributed by atoms with Crippen molar-refractivity contribution in [1.82, 2.24) is 20.4 Å². The Labute approximate surface area is 97.4 Å². The molecule has 0 unspecified atom stereocenters. The van der Waals surface area contributed by atoms with Crippen LogP contribution >= 0.6 is 0 Å². The molecular weight excluding hydrogens is 200 g/mol. The summed E-state index contributed by atoms with van der Waals surface area (Å²) in [5.41, 5.74) is 2.45. The Morgan fingerprint density at radius 2 is 2.50 bits per heavy atom. The fourth-order valence-corrected chi connectivity index (χ4v) is 2.47. The molecule has 4 heteroatoms. The largest absolute Gasteiger partial charge is 0.311 e. The molecule has 0 spiro atoms. The van der Waals surface area contributed by atoms with E-state index in [9.17, 15) is 0 Å². The molecule has 2 N–H and O–H groups in total. The van der Waals surface area contributed by atoms with Gasteiger partial charge in [0.05, 0.1) is 6.20 Å². The number of hydrogen-bond acceptors (Lipinski definition) is 3. The molecule has 1 aliphatic heterocycles. The van der Waals surface area contributed by atoms with Gasteiger partial charge < -0.3 is 5.32 Å². The van der Waals surface area contributed by atoms with Gasteiger partial charge in [0, 0.05) is 30.4 Å². The minimum absolute atomic E-state index is 0.734. The highest BCUT2D eigenvalue weighted by atomic mass is 15.2. The van der Waals surface area contributed by atoms with E-state index in [4.69, 9.17) is 0 Å². The molecule has 0 aromatic carbocycles. The monoisotopic (exact) mass is 222 g/mol. The van der Waals surface area contributed by atoms with Crippen LogP contribution in [0, 0.1) is 6.92 Å². The molecule has 2 heterocycles. The van der Waals surface area contributed by atoms with Crippen LogP contribution in [0.3, 0.4) is 0 Å². The van der Waals surface area contributed by atoms with E-state index in [0.717, 1.165) is 19.1 Å². The van der Waals surface area contributed by atoms with Gasteiger partial charge in [-0.2, -0.15) is 5.10 Å². The smallest absolute Gasteiger partial charge is 0.0535 e. The zero-order valence-electron chi connectivity index (χ0n) is 10.3. The van der Waals surface area contributed by atoms with E-state index in [0.29, 0.717) is 0 Å². The van der Waals surface area contributed by atoms with Gasteiger partial charge >= 0.3 is 0 Å². The Morgan fingerprint density at radius 3 is 3.19 bits per heavy atom. The van der Waals surface area contributed by atoms with Crippen molar-refractivity contribution in [2.75, 3.05) is 19.6 Å². The minimum atomic E-state index is 0.734. The molecule has 1 fully saturated rings. The minimum Gasteiger partial charge on any atom is -0.311 e. The van der Waals surface area contributed by atoms with Crippen molar-refractivity contribution >= 4 is 0 Å². The highest BCUT2D eigenvalue weighted by Gasteiger charge is 2.22. The number of likely N-dealkylation sites (tertiary alicyclic amines) is 1. The van der Waals surface area contributed by atoms with E-state index in [1.807, 2.05) is 6.20 Å². The van der Waals surface area contributed by atoms with Crippen LogP contribution in [0.5, 0.6) is 0 Å². The van der Waals surface area contributed by atoms with Crippen molar-refractivity contribution in [3.8, 4) is 0 Å². The highest BCUT2D eigenvalue weighted by Crippen LogP contribution is 2.15. The van der Waals surface area contributed by atoms with Gasteiger partial charge in [0.2, 0.25) is 0 Å². The normalized spacial score (nSPS) is 21.8. The van der Waals surface area contributed by atoms with Gasteiger partial charge in [-0.15, -0.1) is 0 Å². The molecule has 1 aromatic rings. The SMILES string of the molecule is CCN1CCC[C@H]1CNCc1cn[nH]c1C. The van der Waals surface area contributed by atoms with Crippen LogP contribution in [0.2, 0.25) is 0 Å². The van der Waals surface area contributed by atoms with Crippen LogP contribution in [0.4, 0.5) is 0 Å². The Bertz CT molecular complexity index is 321. The van der Waals surface area contributed by atoms with Crippen LogP contribution in [0.25, 0.3) is 0 Å². The average Bonchev–Trinajstić information content (AvgIpc) is 2.88. The summed E-state index contributed by atoms with van der Waals surface area (Å²) in [4.78, 5) is 2.56. The van der Waals surface area contributed by atoms with Gasteiger partial charge in [-0.3, -0.25) is 10.00 Å². The number of likely N-dealkylation sites (N-methyl/N-ethyl adjacent to an activating group) is 1. The summed E-state index contributed by atoms with van der Waals surface area (Å²) in [6.45, 7) is 8.79. The fraction of sp³-hybridized carbons (Fsp3) is 0.750. The number of aromatic amines is 1. The van der Waals surface area contributed by atoms with Gasteiger partial charge in [-0.1, -0.05) is 6.92 Å². The van der Waals surface area contributed by atoms with Crippen molar-refractivity contribution in [2.24, 2.45) is 0 Å². The summed E-state index contributed by atoms with van der Waals surface area (Å²) in [5, 5.41) is 10.5. The molecule has 0 saturated carbocycles. The van der Waals surface area contributed by atoms with Gasteiger partial charge in [-0.05, 0) is 32.9 Å².